The summed E-state index contributed by atoms with van der Waals surface area (Å²) in [4.78, 5) is 24.7. The molecule has 0 aromatic heterocycles. The van der Waals surface area contributed by atoms with Gasteiger partial charge in [-0.3, -0.25) is 9.59 Å². The minimum absolute atomic E-state index is 0.0209. The maximum atomic E-state index is 13.8. The van der Waals surface area contributed by atoms with Gasteiger partial charge in [0.1, 0.15) is 11.6 Å². The van der Waals surface area contributed by atoms with E-state index in [1.807, 2.05) is 0 Å². The second kappa shape index (κ2) is 8.75. The van der Waals surface area contributed by atoms with Crippen molar-refractivity contribution in [3.05, 3.63) is 47.3 Å². The van der Waals surface area contributed by atoms with Crippen molar-refractivity contribution in [3.63, 3.8) is 0 Å². The van der Waals surface area contributed by atoms with E-state index >= 15 is 0 Å². The molecule has 2 aliphatic rings. The van der Waals surface area contributed by atoms with Gasteiger partial charge in [-0.15, -0.1) is 0 Å². The molecule has 2 aromatic carbocycles. The van der Waals surface area contributed by atoms with E-state index in [9.17, 15) is 22.4 Å². The summed E-state index contributed by atoms with van der Waals surface area (Å²) in [5.74, 6) is -1.34. The van der Waals surface area contributed by atoms with Crippen LogP contribution in [0.25, 0.3) is 0 Å². The molecule has 1 fully saturated rings. The molecule has 0 unspecified atom stereocenters. The highest BCUT2D eigenvalue weighted by Crippen LogP contribution is 2.36. The van der Waals surface area contributed by atoms with Crippen LogP contribution in [0.3, 0.4) is 0 Å². The number of piperidine rings is 1. The SMILES string of the molecule is Cc1ccc(NC(=O)[C@@H]2CCCN(S(=O)(=O)c3cc4c(cc3C)NC(=O)[C@@H](C)O4)C2)cc1F. The molecule has 2 aromatic rings. The molecule has 2 N–H and O–H groups in total. The van der Waals surface area contributed by atoms with Crippen LogP contribution in [-0.2, 0) is 19.6 Å². The highest BCUT2D eigenvalue weighted by molar-refractivity contribution is 7.89. The van der Waals surface area contributed by atoms with Crippen molar-refractivity contribution in [2.45, 2.75) is 44.6 Å². The zero-order valence-corrected chi connectivity index (χ0v) is 19.5. The summed E-state index contributed by atoms with van der Waals surface area (Å²) in [7, 11) is -3.91. The molecule has 0 aliphatic carbocycles. The summed E-state index contributed by atoms with van der Waals surface area (Å²) < 4.78 is 47.6. The van der Waals surface area contributed by atoms with E-state index in [-0.39, 0.29) is 29.8 Å². The Balaban J connectivity index is 1.54. The maximum Gasteiger partial charge on any atom is 0.265 e. The number of nitrogens with zero attached hydrogens (tertiary/aromatic N) is 1. The van der Waals surface area contributed by atoms with Crippen molar-refractivity contribution in [2.24, 2.45) is 5.92 Å². The quantitative estimate of drug-likeness (QED) is 0.707. The van der Waals surface area contributed by atoms with E-state index in [1.165, 1.54) is 16.4 Å². The van der Waals surface area contributed by atoms with E-state index in [0.717, 1.165) is 0 Å². The summed E-state index contributed by atoms with van der Waals surface area (Å²) in [5.41, 5.74) is 1.70. The Kier molecular flexibility index (Phi) is 6.15. The number of aryl methyl sites for hydroxylation is 2. The van der Waals surface area contributed by atoms with Gasteiger partial charge in [0.2, 0.25) is 15.9 Å². The van der Waals surface area contributed by atoms with Gasteiger partial charge in [0.05, 0.1) is 16.5 Å². The number of anilines is 2. The number of fused-ring (bicyclic) bond motifs is 1. The van der Waals surface area contributed by atoms with Crippen LogP contribution in [0.5, 0.6) is 5.75 Å². The summed E-state index contributed by atoms with van der Waals surface area (Å²) in [6, 6.07) is 7.44. The third-order valence-corrected chi connectivity index (χ3v) is 8.03. The molecule has 0 saturated carbocycles. The molecule has 33 heavy (non-hydrogen) atoms. The monoisotopic (exact) mass is 475 g/mol. The van der Waals surface area contributed by atoms with E-state index in [0.29, 0.717) is 41.1 Å². The predicted molar refractivity (Wildman–Crippen MR) is 121 cm³/mol. The molecule has 4 rings (SSSR count). The van der Waals surface area contributed by atoms with Crippen molar-refractivity contribution in [1.29, 1.82) is 0 Å². The number of hydrogen-bond acceptors (Lipinski definition) is 5. The second-order valence-corrected chi connectivity index (χ2v) is 10.4. The number of amides is 2. The zero-order chi connectivity index (χ0) is 23.9. The Bertz CT molecular complexity index is 1230. The highest BCUT2D eigenvalue weighted by atomic mass is 32.2. The Morgan fingerprint density at radius 2 is 1.97 bits per heavy atom. The fourth-order valence-corrected chi connectivity index (χ4v) is 5.80. The van der Waals surface area contributed by atoms with Gasteiger partial charge in [0.25, 0.3) is 5.91 Å². The maximum absolute atomic E-state index is 13.8. The van der Waals surface area contributed by atoms with Crippen LogP contribution in [0, 0.1) is 25.6 Å². The van der Waals surface area contributed by atoms with Crippen LogP contribution < -0.4 is 15.4 Å². The van der Waals surface area contributed by atoms with Gasteiger partial charge in [-0.2, -0.15) is 4.31 Å². The van der Waals surface area contributed by atoms with E-state index < -0.39 is 27.9 Å². The molecule has 176 valence electrons. The lowest BCUT2D eigenvalue weighted by Crippen LogP contribution is -2.44. The normalized spacial score (nSPS) is 21.0. The topological polar surface area (TPSA) is 105 Å². The first-order chi connectivity index (χ1) is 15.6. The molecule has 2 aliphatic heterocycles. The predicted octanol–water partition coefficient (Wildman–Crippen LogP) is 3.20. The number of halogens is 1. The Labute approximate surface area is 192 Å². The van der Waals surface area contributed by atoms with Crippen LogP contribution in [-0.4, -0.2) is 43.7 Å². The first-order valence-electron chi connectivity index (χ1n) is 10.8. The smallest absolute Gasteiger partial charge is 0.265 e. The lowest BCUT2D eigenvalue weighted by atomic mass is 9.98. The number of hydrogen-bond donors (Lipinski definition) is 2. The van der Waals surface area contributed by atoms with Crippen LogP contribution in [0.4, 0.5) is 15.8 Å². The summed E-state index contributed by atoms with van der Waals surface area (Å²) >= 11 is 0. The fourth-order valence-electron chi connectivity index (χ4n) is 4.05. The van der Waals surface area contributed by atoms with Crippen LogP contribution in [0.1, 0.15) is 30.9 Å². The molecule has 2 atom stereocenters. The highest BCUT2D eigenvalue weighted by Gasteiger charge is 2.35. The molecule has 0 bridgehead atoms. The first kappa shape index (κ1) is 23.2. The summed E-state index contributed by atoms with van der Waals surface area (Å²) in [5, 5.41) is 5.40. The Morgan fingerprint density at radius 3 is 2.70 bits per heavy atom. The third-order valence-electron chi connectivity index (χ3n) is 6.02. The number of ether oxygens (including phenoxy) is 1. The van der Waals surface area contributed by atoms with Crippen molar-refractivity contribution in [2.75, 3.05) is 23.7 Å². The van der Waals surface area contributed by atoms with Crippen molar-refractivity contribution in [1.82, 2.24) is 4.31 Å². The number of carbonyl (C=O) groups excluding carboxylic acids is 2. The number of nitrogens with one attached hydrogen (secondary N) is 2. The molecule has 0 spiro atoms. The van der Waals surface area contributed by atoms with Gasteiger partial charge in [-0.1, -0.05) is 6.07 Å². The third kappa shape index (κ3) is 4.58. The number of carbonyl (C=O) groups is 2. The van der Waals surface area contributed by atoms with E-state index in [1.54, 1.807) is 39.0 Å². The number of rotatable bonds is 4. The fraction of sp³-hybridized carbons (Fsp3) is 0.391. The average Bonchev–Trinajstić information content (AvgIpc) is 2.77. The van der Waals surface area contributed by atoms with E-state index in [4.69, 9.17) is 4.74 Å². The molecule has 0 radical (unpaired) electrons. The Hall–Kier alpha value is -2.98. The van der Waals surface area contributed by atoms with Crippen LogP contribution in [0.15, 0.2) is 35.2 Å². The number of benzene rings is 2. The first-order valence-corrected chi connectivity index (χ1v) is 12.2. The molecular formula is C23H26FN3O5S. The lowest BCUT2D eigenvalue weighted by molar-refractivity contribution is -0.123. The standard InChI is InChI=1S/C23H26FN3O5S/c1-13-6-7-17(10-18(13)24)25-23(29)16-5-4-8-27(12-16)33(30,31)21-11-20-19(9-14(21)2)26-22(28)15(3)32-20/h6-7,9-11,15-16H,4-5,8,12H2,1-3H3,(H,25,29)(H,26,28)/t15-,16-/m1/s1. The minimum Gasteiger partial charge on any atom is -0.479 e. The van der Waals surface area contributed by atoms with Crippen LogP contribution in [0.2, 0.25) is 0 Å². The van der Waals surface area contributed by atoms with Crippen LogP contribution >= 0.6 is 0 Å². The van der Waals surface area contributed by atoms with E-state index in [2.05, 4.69) is 10.6 Å². The van der Waals surface area contributed by atoms with Gasteiger partial charge in [0.15, 0.2) is 6.10 Å². The largest absolute Gasteiger partial charge is 0.479 e. The van der Waals surface area contributed by atoms with Gasteiger partial charge in [-0.25, -0.2) is 12.8 Å². The number of sulfonamides is 1. The molecule has 10 heteroatoms. The lowest BCUT2D eigenvalue weighted by Gasteiger charge is -2.32. The summed E-state index contributed by atoms with van der Waals surface area (Å²) in [6.45, 7) is 5.17. The van der Waals surface area contributed by atoms with Gasteiger partial charge in [0, 0.05) is 24.8 Å². The zero-order valence-electron chi connectivity index (χ0n) is 18.6. The second-order valence-electron chi connectivity index (χ2n) is 8.52. The molecule has 8 nitrogen and oxygen atoms in total. The Morgan fingerprint density at radius 1 is 1.21 bits per heavy atom. The molecular weight excluding hydrogens is 449 g/mol. The van der Waals surface area contributed by atoms with Crippen molar-refractivity contribution >= 4 is 33.2 Å². The summed E-state index contributed by atoms with van der Waals surface area (Å²) in [6.07, 6.45) is 0.320. The van der Waals surface area contributed by atoms with Gasteiger partial charge < -0.3 is 15.4 Å². The minimum atomic E-state index is -3.91. The van der Waals surface area contributed by atoms with Gasteiger partial charge in [-0.05, 0) is 62.9 Å². The average molecular weight is 476 g/mol. The molecule has 1 saturated heterocycles. The van der Waals surface area contributed by atoms with Gasteiger partial charge >= 0.3 is 0 Å². The molecule has 2 amide bonds. The van der Waals surface area contributed by atoms with Crippen molar-refractivity contribution in [3.8, 4) is 5.75 Å². The van der Waals surface area contributed by atoms with Crippen molar-refractivity contribution < 1.29 is 27.1 Å². The molecule has 2 heterocycles.